The van der Waals surface area contributed by atoms with E-state index in [-0.39, 0.29) is 12.6 Å². The van der Waals surface area contributed by atoms with E-state index in [0.29, 0.717) is 19.5 Å². The minimum atomic E-state index is -3.15. The molecule has 0 aliphatic carbocycles. The summed E-state index contributed by atoms with van der Waals surface area (Å²) in [5, 5.41) is 9.16. The van der Waals surface area contributed by atoms with Gasteiger partial charge in [-0.1, -0.05) is 30.3 Å². The number of benzene rings is 1. The van der Waals surface area contributed by atoms with Crippen LogP contribution in [0.1, 0.15) is 18.0 Å². The molecular formula is C13H22N2O3S. The smallest absolute Gasteiger partial charge is 0.208 e. The van der Waals surface area contributed by atoms with Gasteiger partial charge in [-0.2, -0.15) is 0 Å². The molecule has 0 saturated heterocycles. The third-order valence-corrected chi connectivity index (χ3v) is 3.68. The molecule has 0 aromatic heterocycles. The van der Waals surface area contributed by atoms with E-state index in [1.54, 1.807) is 0 Å². The summed E-state index contributed by atoms with van der Waals surface area (Å²) in [5.74, 6) is 0. The van der Waals surface area contributed by atoms with Crippen LogP contribution in [0.4, 0.5) is 0 Å². The molecule has 1 rings (SSSR count). The molecule has 0 saturated carbocycles. The summed E-state index contributed by atoms with van der Waals surface area (Å²) in [6, 6.07) is 9.99. The maximum atomic E-state index is 11.0. The number of hydrogen-bond acceptors (Lipinski definition) is 4. The Bertz CT molecular complexity index is 462. The second kappa shape index (κ2) is 7.59. The van der Waals surface area contributed by atoms with E-state index in [0.717, 1.165) is 11.8 Å². The third kappa shape index (κ3) is 6.15. The van der Waals surface area contributed by atoms with E-state index in [1.807, 2.05) is 42.3 Å². The molecule has 0 amide bonds. The van der Waals surface area contributed by atoms with Crippen molar-refractivity contribution in [2.75, 3.05) is 33.0 Å². The summed E-state index contributed by atoms with van der Waals surface area (Å²) in [5.41, 5.74) is 1.12. The van der Waals surface area contributed by atoms with Crippen molar-refractivity contribution in [1.82, 2.24) is 9.62 Å². The Morgan fingerprint density at radius 1 is 1.32 bits per heavy atom. The van der Waals surface area contributed by atoms with Crippen molar-refractivity contribution in [2.45, 2.75) is 12.5 Å². The number of aliphatic hydroxyl groups is 1. The maximum Gasteiger partial charge on any atom is 0.208 e. The minimum absolute atomic E-state index is 0.0903. The standard InChI is InChI=1S/C13H22N2O3S/c1-15(10-9-14-19(2,17)18)13(8-11-16)12-6-4-3-5-7-12/h3-7,13-14,16H,8-11H2,1-2H3. The van der Waals surface area contributed by atoms with Crippen LogP contribution < -0.4 is 4.72 Å². The normalized spacial score (nSPS) is 13.7. The Labute approximate surface area is 115 Å². The van der Waals surface area contributed by atoms with Gasteiger partial charge < -0.3 is 5.11 Å². The van der Waals surface area contributed by atoms with Gasteiger partial charge in [-0.3, -0.25) is 4.90 Å². The topological polar surface area (TPSA) is 69.6 Å². The summed E-state index contributed by atoms with van der Waals surface area (Å²) in [4.78, 5) is 2.05. The second-order valence-electron chi connectivity index (χ2n) is 4.59. The van der Waals surface area contributed by atoms with Crippen molar-refractivity contribution in [3.63, 3.8) is 0 Å². The molecule has 5 nitrogen and oxygen atoms in total. The van der Waals surface area contributed by atoms with E-state index in [2.05, 4.69) is 4.72 Å². The summed E-state index contributed by atoms with van der Waals surface area (Å²) >= 11 is 0. The van der Waals surface area contributed by atoms with Gasteiger partial charge in [0.05, 0.1) is 6.26 Å². The van der Waals surface area contributed by atoms with Gasteiger partial charge in [-0.15, -0.1) is 0 Å². The summed E-state index contributed by atoms with van der Waals surface area (Å²) < 4.78 is 24.5. The van der Waals surface area contributed by atoms with Crippen molar-refractivity contribution >= 4 is 10.0 Å². The monoisotopic (exact) mass is 286 g/mol. The Morgan fingerprint density at radius 3 is 2.47 bits per heavy atom. The fraction of sp³-hybridized carbons (Fsp3) is 0.538. The van der Waals surface area contributed by atoms with Gasteiger partial charge in [-0.05, 0) is 19.0 Å². The molecule has 1 unspecified atom stereocenters. The van der Waals surface area contributed by atoms with Crippen molar-refractivity contribution in [2.24, 2.45) is 0 Å². The Morgan fingerprint density at radius 2 is 1.95 bits per heavy atom. The van der Waals surface area contributed by atoms with Crippen LogP contribution in [0.3, 0.4) is 0 Å². The van der Waals surface area contributed by atoms with Crippen molar-refractivity contribution in [1.29, 1.82) is 0 Å². The van der Waals surface area contributed by atoms with Gasteiger partial charge in [0.25, 0.3) is 0 Å². The third-order valence-electron chi connectivity index (χ3n) is 2.95. The maximum absolute atomic E-state index is 11.0. The first-order chi connectivity index (χ1) is 8.94. The predicted octanol–water partition coefficient (Wildman–Crippen LogP) is 0.591. The fourth-order valence-corrected chi connectivity index (χ4v) is 2.46. The van der Waals surface area contributed by atoms with Crippen LogP contribution >= 0.6 is 0 Å². The zero-order valence-electron chi connectivity index (χ0n) is 11.4. The molecule has 1 atom stereocenters. The second-order valence-corrected chi connectivity index (χ2v) is 6.42. The fourth-order valence-electron chi connectivity index (χ4n) is 2.00. The van der Waals surface area contributed by atoms with Gasteiger partial charge in [-0.25, -0.2) is 13.1 Å². The van der Waals surface area contributed by atoms with E-state index in [1.165, 1.54) is 0 Å². The van der Waals surface area contributed by atoms with Gasteiger partial charge in [0.15, 0.2) is 0 Å². The number of hydrogen-bond donors (Lipinski definition) is 2. The number of nitrogens with zero attached hydrogens (tertiary/aromatic N) is 1. The van der Waals surface area contributed by atoms with Crippen molar-refractivity contribution < 1.29 is 13.5 Å². The summed E-state index contributed by atoms with van der Waals surface area (Å²) in [6.07, 6.45) is 1.77. The van der Waals surface area contributed by atoms with Crippen LogP contribution in [0, 0.1) is 0 Å². The van der Waals surface area contributed by atoms with Crippen LogP contribution in [0.15, 0.2) is 30.3 Å². The number of nitrogens with one attached hydrogen (secondary N) is 1. The number of rotatable bonds is 8. The number of sulfonamides is 1. The van der Waals surface area contributed by atoms with Gasteiger partial charge in [0.1, 0.15) is 0 Å². The molecule has 1 aromatic rings. The predicted molar refractivity (Wildman–Crippen MR) is 76.4 cm³/mol. The molecule has 19 heavy (non-hydrogen) atoms. The highest BCUT2D eigenvalue weighted by atomic mass is 32.2. The SMILES string of the molecule is CN(CCNS(C)(=O)=O)C(CCO)c1ccccc1. The van der Waals surface area contributed by atoms with E-state index in [9.17, 15) is 8.42 Å². The lowest BCUT2D eigenvalue weighted by molar-refractivity contribution is 0.188. The largest absolute Gasteiger partial charge is 0.396 e. The van der Waals surface area contributed by atoms with E-state index < -0.39 is 10.0 Å². The zero-order chi connectivity index (χ0) is 14.3. The first-order valence-electron chi connectivity index (χ1n) is 6.24. The summed E-state index contributed by atoms with van der Waals surface area (Å²) in [7, 11) is -1.22. The molecule has 0 aliphatic rings. The molecule has 0 heterocycles. The molecule has 0 aliphatic heterocycles. The Hall–Kier alpha value is -0.950. The highest BCUT2D eigenvalue weighted by Gasteiger charge is 2.16. The number of likely N-dealkylation sites (N-methyl/N-ethyl adjacent to an activating group) is 1. The lowest BCUT2D eigenvalue weighted by Gasteiger charge is -2.28. The average Bonchev–Trinajstić information content (AvgIpc) is 2.35. The molecule has 2 N–H and O–H groups in total. The average molecular weight is 286 g/mol. The lowest BCUT2D eigenvalue weighted by Crippen LogP contribution is -2.34. The molecule has 0 radical (unpaired) electrons. The molecule has 0 spiro atoms. The van der Waals surface area contributed by atoms with Crippen LogP contribution in [0.5, 0.6) is 0 Å². The lowest BCUT2D eigenvalue weighted by atomic mass is 10.0. The van der Waals surface area contributed by atoms with E-state index >= 15 is 0 Å². The van der Waals surface area contributed by atoms with Crippen LogP contribution in [-0.4, -0.2) is 51.4 Å². The first-order valence-corrected chi connectivity index (χ1v) is 8.14. The molecule has 108 valence electrons. The summed E-state index contributed by atoms with van der Waals surface area (Å²) in [6.45, 7) is 1.06. The minimum Gasteiger partial charge on any atom is -0.396 e. The van der Waals surface area contributed by atoms with Crippen molar-refractivity contribution in [3.05, 3.63) is 35.9 Å². The Balaban J connectivity index is 2.61. The van der Waals surface area contributed by atoms with Crippen molar-refractivity contribution in [3.8, 4) is 0 Å². The van der Waals surface area contributed by atoms with Crippen LogP contribution in [0.25, 0.3) is 0 Å². The molecule has 0 fully saturated rings. The van der Waals surface area contributed by atoms with Gasteiger partial charge in [0.2, 0.25) is 10.0 Å². The van der Waals surface area contributed by atoms with Gasteiger partial charge in [0, 0.05) is 25.7 Å². The number of aliphatic hydroxyl groups excluding tert-OH is 1. The Kier molecular flexibility index (Phi) is 6.44. The molecular weight excluding hydrogens is 264 g/mol. The quantitative estimate of drug-likeness (QED) is 0.734. The van der Waals surface area contributed by atoms with Crippen LogP contribution in [0.2, 0.25) is 0 Å². The molecule has 0 bridgehead atoms. The highest BCUT2D eigenvalue weighted by Crippen LogP contribution is 2.21. The van der Waals surface area contributed by atoms with Gasteiger partial charge >= 0.3 is 0 Å². The van der Waals surface area contributed by atoms with E-state index in [4.69, 9.17) is 5.11 Å². The van der Waals surface area contributed by atoms with Crippen LogP contribution in [-0.2, 0) is 10.0 Å². The zero-order valence-corrected chi connectivity index (χ0v) is 12.2. The first kappa shape index (κ1) is 16.1. The molecule has 6 heteroatoms. The highest BCUT2D eigenvalue weighted by molar-refractivity contribution is 7.88. The molecule has 1 aromatic carbocycles.